The van der Waals surface area contributed by atoms with Gasteiger partial charge in [-0.2, -0.15) is 0 Å². The van der Waals surface area contributed by atoms with Crippen LogP contribution in [0, 0.1) is 0 Å². The molecule has 12 nitrogen and oxygen atoms in total. The highest BCUT2D eigenvalue weighted by atomic mass is 16.6. The second kappa shape index (κ2) is 20.9. The number of carbonyl (C=O) groups is 8. The molecule has 0 rings (SSSR count). The number of aldehydes is 4. The zero-order chi connectivity index (χ0) is 22.3. The van der Waals surface area contributed by atoms with Gasteiger partial charge in [-0.1, -0.05) is 0 Å². The Morgan fingerprint density at radius 1 is 0.448 bits per heavy atom. The minimum absolute atomic E-state index is 0.0844. The lowest BCUT2D eigenvalue weighted by molar-refractivity contribution is -0.153. The van der Waals surface area contributed by atoms with E-state index in [1.54, 1.807) is 0 Å². The van der Waals surface area contributed by atoms with Gasteiger partial charge in [-0.25, -0.2) is 0 Å². The van der Waals surface area contributed by atoms with Crippen molar-refractivity contribution in [2.75, 3.05) is 26.4 Å². The predicted molar refractivity (Wildman–Crippen MR) is 91.2 cm³/mol. The SMILES string of the molecule is O=CCC(=O)OCCCOC(=O)CC=O.O=CCC(=O)OCCOC(=O)CC=O. The molecule has 29 heavy (non-hydrogen) atoms. The number of hydrogen-bond acceptors (Lipinski definition) is 12. The molecule has 0 aromatic rings. The highest BCUT2D eigenvalue weighted by molar-refractivity contribution is 5.85. The van der Waals surface area contributed by atoms with Crippen LogP contribution in [0.1, 0.15) is 32.1 Å². The molecule has 0 aliphatic carbocycles. The Hall–Kier alpha value is -3.44. The summed E-state index contributed by atoms with van der Waals surface area (Å²) < 4.78 is 18.1. The van der Waals surface area contributed by atoms with Gasteiger partial charge in [-0.05, 0) is 0 Å². The van der Waals surface area contributed by atoms with Crippen LogP contribution in [-0.2, 0) is 57.3 Å². The quantitative estimate of drug-likeness (QED) is 0.103. The smallest absolute Gasteiger partial charge is 0.313 e. The van der Waals surface area contributed by atoms with Gasteiger partial charge < -0.3 is 38.1 Å². The van der Waals surface area contributed by atoms with Gasteiger partial charge in [-0.3, -0.25) is 19.2 Å². The van der Waals surface area contributed by atoms with Crippen LogP contribution in [0.5, 0.6) is 0 Å². The Bertz CT molecular complexity index is 507. The molecule has 0 N–H and O–H groups in total. The molecule has 0 aliphatic rings. The minimum Gasteiger partial charge on any atom is -0.465 e. The van der Waals surface area contributed by atoms with E-state index in [-0.39, 0.29) is 52.1 Å². The summed E-state index contributed by atoms with van der Waals surface area (Å²) in [5.41, 5.74) is 0. The lowest BCUT2D eigenvalue weighted by Gasteiger charge is -2.03. The number of rotatable bonds is 15. The standard InChI is InChI=1S/C9H12O6.C8H10O6/c10-4-2-8(12)14-6-1-7-15-9(13)3-5-11;9-3-1-7(11)13-5-6-14-8(12)2-4-10/h4-5H,1-3,6-7H2;3-4H,1-2,5-6H2. The van der Waals surface area contributed by atoms with Crippen molar-refractivity contribution in [3.8, 4) is 0 Å². The second-order valence-electron chi connectivity index (χ2n) is 4.72. The maximum atomic E-state index is 10.6. The third-order valence-corrected chi connectivity index (χ3v) is 2.42. The van der Waals surface area contributed by atoms with Gasteiger partial charge in [0.1, 0.15) is 64.0 Å². The molecule has 0 atom stereocenters. The molecule has 0 spiro atoms. The van der Waals surface area contributed by atoms with Gasteiger partial charge in [0.2, 0.25) is 0 Å². The van der Waals surface area contributed by atoms with E-state index < -0.39 is 23.9 Å². The summed E-state index contributed by atoms with van der Waals surface area (Å²) in [6.07, 6.45) is 0.899. The third kappa shape index (κ3) is 22.5. The molecule has 0 radical (unpaired) electrons. The summed E-state index contributed by atoms with van der Waals surface area (Å²) in [4.78, 5) is 81.8. The van der Waals surface area contributed by atoms with E-state index in [0.29, 0.717) is 31.6 Å². The van der Waals surface area contributed by atoms with Crippen LogP contribution >= 0.6 is 0 Å². The maximum absolute atomic E-state index is 10.6. The van der Waals surface area contributed by atoms with Crippen LogP contribution in [0.2, 0.25) is 0 Å². The van der Waals surface area contributed by atoms with E-state index in [1.807, 2.05) is 0 Å². The molecule has 0 aromatic carbocycles. The second-order valence-corrected chi connectivity index (χ2v) is 4.72. The molecule has 0 saturated heterocycles. The van der Waals surface area contributed by atoms with Crippen molar-refractivity contribution in [1.82, 2.24) is 0 Å². The lowest BCUT2D eigenvalue weighted by Crippen LogP contribution is -2.14. The Morgan fingerprint density at radius 3 is 0.931 bits per heavy atom. The summed E-state index contributed by atoms with van der Waals surface area (Å²) in [5.74, 6) is -2.56. The van der Waals surface area contributed by atoms with Gasteiger partial charge in [0.05, 0.1) is 13.2 Å². The van der Waals surface area contributed by atoms with Crippen molar-refractivity contribution >= 4 is 49.0 Å². The molecule has 162 valence electrons. The van der Waals surface area contributed by atoms with Crippen molar-refractivity contribution in [2.45, 2.75) is 32.1 Å². The summed E-state index contributed by atoms with van der Waals surface area (Å²) in [5, 5.41) is 0. The van der Waals surface area contributed by atoms with Crippen molar-refractivity contribution in [3.63, 3.8) is 0 Å². The summed E-state index contributed by atoms with van der Waals surface area (Å²) in [6.45, 7) is -0.0589. The van der Waals surface area contributed by atoms with Gasteiger partial charge in [0.25, 0.3) is 0 Å². The minimum atomic E-state index is -0.675. The first kappa shape index (κ1) is 27.8. The summed E-state index contributed by atoms with van der Waals surface area (Å²) in [6, 6.07) is 0. The Morgan fingerprint density at radius 2 is 0.690 bits per heavy atom. The molecule has 0 unspecified atom stereocenters. The van der Waals surface area contributed by atoms with Crippen LogP contribution in [0.25, 0.3) is 0 Å². The van der Waals surface area contributed by atoms with Gasteiger partial charge >= 0.3 is 23.9 Å². The predicted octanol–water partition coefficient (Wildman–Crippen LogP) is -1.11. The zero-order valence-electron chi connectivity index (χ0n) is 15.6. The maximum Gasteiger partial charge on any atom is 0.313 e. The van der Waals surface area contributed by atoms with E-state index in [0.717, 1.165) is 0 Å². The summed E-state index contributed by atoms with van der Waals surface area (Å²) >= 11 is 0. The fourth-order valence-corrected chi connectivity index (χ4v) is 1.25. The largest absolute Gasteiger partial charge is 0.465 e. The first-order chi connectivity index (χ1) is 13.9. The molecule has 0 fully saturated rings. The molecule has 0 aliphatic heterocycles. The van der Waals surface area contributed by atoms with Crippen molar-refractivity contribution in [3.05, 3.63) is 0 Å². The molecule has 0 saturated carbocycles. The first-order valence-electron chi connectivity index (χ1n) is 8.28. The molecule has 0 bridgehead atoms. The van der Waals surface area contributed by atoms with Gasteiger partial charge in [0.15, 0.2) is 0 Å². The van der Waals surface area contributed by atoms with Crippen LogP contribution in [0.15, 0.2) is 0 Å². The monoisotopic (exact) mass is 418 g/mol. The number of esters is 4. The van der Waals surface area contributed by atoms with Crippen LogP contribution in [0.3, 0.4) is 0 Å². The number of hydrogen-bond donors (Lipinski definition) is 0. The van der Waals surface area contributed by atoms with Crippen molar-refractivity contribution < 1.29 is 57.3 Å². The molecule has 12 heteroatoms. The van der Waals surface area contributed by atoms with Crippen molar-refractivity contribution in [2.24, 2.45) is 0 Å². The molecule has 0 heterocycles. The molecule has 0 amide bonds. The van der Waals surface area contributed by atoms with Gasteiger partial charge in [-0.15, -0.1) is 0 Å². The first-order valence-corrected chi connectivity index (χ1v) is 8.28. The zero-order valence-corrected chi connectivity index (χ0v) is 15.6. The lowest BCUT2D eigenvalue weighted by atomic mass is 10.4. The van der Waals surface area contributed by atoms with E-state index in [4.69, 9.17) is 0 Å². The third-order valence-electron chi connectivity index (χ3n) is 2.42. The average Bonchev–Trinajstić information content (AvgIpc) is 2.66. The van der Waals surface area contributed by atoms with E-state index in [2.05, 4.69) is 18.9 Å². The molecule has 0 aromatic heterocycles. The van der Waals surface area contributed by atoms with Crippen molar-refractivity contribution in [1.29, 1.82) is 0 Å². The average molecular weight is 418 g/mol. The van der Waals surface area contributed by atoms with Crippen LogP contribution < -0.4 is 0 Å². The molecular formula is C17H22O12. The fourth-order valence-electron chi connectivity index (χ4n) is 1.25. The normalized spacial score (nSPS) is 8.97. The number of ether oxygens (including phenoxy) is 4. The summed E-state index contributed by atoms with van der Waals surface area (Å²) in [7, 11) is 0. The Labute approximate surface area is 165 Å². The van der Waals surface area contributed by atoms with Gasteiger partial charge in [0, 0.05) is 6.42 Å². The fraction of sp³-hybridized carbons (Fsp3) is 0.529. The topological polar surface area (TPSA) is 173 Å². The van der Waals surface area contributed by atoms with Crippen LogP contribution in [0.4, 0.5) is 0 Å². The van der Waals surface area contributed by atoms with E-state index >= 15 is 0 Å². The molecular weight excluding hydrogens is 396 g/mol. The Kier molecular flexibility index (Phi) is 20.0. The van der Waals surface area contributed by atoms with E-state index in [1.165, 1.54) is 0 Å². The highest BCUT2D eigenvalue weighted by Gasteiger charge is 2.04. The van der Waals surface area contributed by atoms with Crippen LogP contribution in [-0.4, -0.2) is 75.4 Å². The Balaban J connectivity index is 0. The van der Waals surface area contributed by atoms with E-state index in [9.17, 15) is 38.4 Å². The number of carbonyl (C=O) groups excluding carboxylic acids is 8. The highest BCUT2D eigenvalue weighted by Crippen LogP contribution is 1.90.